The second-order valence-corrected chi connectivity index (χ2v) is 8.00. The standard InChI is InChI=1S/C25H30N4O4/c1-4-33-19-11-9-18(10-12-19)28-23(30)15-27-25(32)22(29-24(31)16(2)3)13-17-14-26-21-8-6-5-7-20(17)21/h5-12,14,16,22,26H,4,13,15H2,1-3H3,(H,27,32)(H,28,30)(H,29,31). The average Bonchev–Trinajstić information content (AvgIpc) is 3.21. The van der Waals surface area contributed by atoms with E-state index in [9.17, 15) is 14.4 Å². The summed E-state index contributed by atoms with van der Waals surface area (Å²) in [7, 11) is 0. The molecule has 1 atom stereocenters. The van der Waals surface area contributed by atoms with Gasteiger partial charge in [-0.25, -0.2) is 0 Å². The average molecular weight is 451 g/mol. The van der Waals surface area contributed by atoms with Crippen LogP contribution in [0.2, 0.25) is 0 Å². The molecular formula is C25H30N4O4. The maximum atomic E-state index is 12.9. The van der Waals surface area contributed by atoms with E-state index in [1.165, 1.54) is 0 Å². The summed E-state index contributed by atoms with van der Waals surface area (Å²) >= 11 is 0. The van der Waals surface area contributed by atoms with Crippen molar-refractivity contribution in [3.8, 4) is 5.75 Å². The first-order valence-electron chi connectivity index (χ1n) is 11.0. The van der Waals surface area contributed by atoms with Crippen LogP contribution in [0.1, 0.15) is 26.3 Å². The van der Waals surface area contributed by atoms with Gasteiger partial charge in [0.1, 0.15) is 11.8 Å². The number of benzene rings is 2. The van der Waals surface area contributed by atoms with Gasteiger partial charge in [-0.05, 0) is 42.8 Å². The Balaban J connectivity index is 1.62. The number of hydrogen-bond acceptors (Lipinski definition) is 4. The van der Waals surface area contributed by atoms with Gasteiger partial charge in [-0.3, -0.25) is 14.4 Å². The fourth-order valence-corrected chi connectivity index (χ4v) is 3.37. The maximum absolute atomic E-state index is 12.9. The molecule has 0 fully saturated rings. The van der Waals surface area contributed by atoms with E-state index < -0.39 is 11.9 Å². The van der Waals surface area contributed by atoms with Gasteiger partial charge in [-0.15, -0.1) is 0 Å². The van der Waals surface area contributed by atoms with Crippen LogP contribution in [0, 0.1) is 5.92 Å². The molecule has 8 nitrogen and oxygen atoms in total. The molecule has 174 valence electrons. The third-order valence-electron chi connectivity index (χ3n) is 5.13. The Morgan fingerprint density at radius 3 is 2.42 bits per heavy atom. The first-order valence-corrected chi connectivity index (χ1v) is 11.0. The van der Waals surface area contributed by atoms with E-state index in [0.717, 1.165) is 16.5 Å². The lowest BCUT2D eigenvalue weighted by Gasteiger charge is -2.19. The van der Waals surface area contributed by atoms with Crippen LogP contribution in [-0.4, -0.2) is 41.9 Å². The number of H-pyrrole nitrogens is 1. The topological polar surface area (TPSA) is 112 Å². The van der Waals surface area contributed by atoms with Gasteiger partial charge in [0.05, 0.1) is 13.2 Å². The lowest BCUT2D eigenvalue weighted by Crippen LogP contribution is -2.50. The number of ether oxygens (including phenoxy) is 1. The van der Waals surface area contributed by atoms with Crippen molar-refractivity contribution in [1.29, 1.82) is 0 Å². The molecule has 33 heavy (non-hydrogen) atoms. The van der Waals surface area contributed by atoms with Crippen LogP contribution in [0.15, 0.2) is 54.7 Å². The number of rotatable bonds is 10. The monoisotopic (exact) mass is 450 g/mol. The van der Waals surface area contributed by atoms with Gasteiger partial charge in [0.2, 0.25) is 17.7 Å². The molecular weight excluding hydrogens is 420 g/mol. The molecule has 3 aromatic rings. The highest BCUT2D eigenvalue weighted by Crippen LogP contribution is 2.19. The van der Waals surface area contributed by atoms with E-state index in [1.54, 1.807) is 38.1 Å². The van der Waals surface area contributed by atoms with Crippen molar-refractivity contribution in [2.75, 3.05) is 18.5 Å². The number of anilines is 1. The van der Waals surface area contributed by atoms with E-state index >= 15 is 0 Å². The maximum Gasteiger partial charge on any atom is 0.243 e. The summed E-state index contributed by atoms with van der Waals surface area (Å²) in [5, 5.41) is 9.16. The van der Waals surface area contributed by atoms with Gasteiger partial charge >= 0.3 is 0 Å². The highest BCUT2D eigenvalue weighted by atomic mass is 16.5. The Kier molecular flexibility index (Phi) is 8.07. The second kappa shape index (κ2) is 11.2. The minimum absolute atomic E-state index is 0.214. The number of aromatic amines is 1. The van der Waals surface area contributed by atoms with Crippen LogP contribution < -0.4 is 20.7 Å². The number of amides is 3. The first kappa shape index (κ1) is 23.8. The summed E-state index contributed by atoms with van der Waals surface area (Å²) in [6.45, 7) is 5.77. The largest absolute Gasteiger partial charge is 0.494 e. The van der Waals surface area contributed by atoms with Gasteiger partial charge < -0.3 is 25.7 Å². The molecule has 0 spiro atoms. The van der Waals surface area contributed by atoms with Crippen LogP contribution in [0.4, 0.5) is 5.69 Å². The van der Waals surface area contributed by atoms with Crippen LogP contribution in [0.25, 0.3) is 10.9 Å². The third kappa shape index (κ3) is 6.58. The molecule has 8 heteroatoms. The van der Waals surface area contributed by atoms with Crippen molar-refractivity contribution in [3.63, 3.8) is 0 Å². The lowest BCUT2D eigenvalue weighted by molar-refractivity contribution is -0.131. The molecule has 0 aliphatic carbocycles. The van der Waals surface area contributed by atoms with Crippen LogP contribution in [0.5, 0.6) is 5.75 Å². The number of carbonyl (C=O) groups excluding carboxylic acids is 3. The fraction of sp³-hybridized carbons (Fsp3) is 0.320. The molecule has 3 amide bonds. The molecule has 0 radical (unpaired) electrons. The van der Waals surface area contributed by atoms with Gasteiger partial charge in [-0.2, -0.15) is 0 Å². The zero-order valence-corrected chi connectivity index (χ0v) is 19.1. The quantitative estimate of drug-likeness (QED) is 0.380. The Labute approximate surface area is 193 Å². The molecule has 0 aliphatic rings. The highest BCUT2D eigenvalue weighted by Gasteiger charge is 2.24. The molecule has 3 rings (SSSR count). The minimum atomic E-state index is -0.808. The molecule has 0 saturated carbocycles. The Hall–Kier alpha value is -3.81. The summed E-state index contributed by atoms with van der Waals surface area (Å²) in [5.74, 6) is -0.574. The predicted octanol–water partition coefficient (Wildman–Crippen LogP) is 3.00. The zero-order valence-electron chi connectivity index (χ0n) is 19.1. The van der Waals surface area contributed by atoms with Crippen molar-refractivity contribution in [1.82, 2.24) is 15.6 Å². The Morgan fingerprint density at radius 1 is 1.00 bits per heavy atom. The van der Waals surface area contributed by atoms with Crippen molar-refractivity contribution < 1.29 is 19.1 Å². The highest BCUT2D eigenvalue weighted by molar-refractivity contribution is 5.96. The number of fused-ring (bicyclic) bond motifs is 1. The van der Waals surface area contributed by atoms with E-state index in [1.807, 2.05) is 37.4 Å². The Bertz CT molecular complexity index is 1110. The second-order valence-electron chi connectivity index (χ2n) is 8.00. The molecule has 0 aliphatic heterocycles. The van der Waals surface area contributed by atoms with Crippen molar-refractivity contribution in [2.24, 2.45) is 5.92 Å². The number of aromatic nitrogens is 1. The van der Waals surface area contributed by atoms with Gasteiger partial charge in [-0.1, -0.05) is 32.0 Å². The first-order chi connectivity index (χ1) is 15.9. The van der Waals surface area contributed by atoms with Crippen molar-refractivity contribution in [3.05, 3.63) is 60.3 Å². The SMILES string of the molecule is CCOc1ccc(NC(=O)CNC(=O)C(Cc2c[nH]c3ccccc23)NC(=O)C(C)C)cc1. The van der Waals surface area contributed by atoms with E-state index in [4.69, 9.17) is 4.74 Å². The summed E-state index contributed by atoms with van der Waals surface area (Å²) in [6.07, 6.45) is 2.14. The number of para-hydroxylation sites is 1. The normalized spacial score (nSPS) is 11.8. The molecule has 0 bridgehead atoms. The van der Waals surface area contributed by atoms with Crippen molar-refractivity contribution >= 4 is 34.3 Å². The van der Waals surface area contributed by atoms with Gasteiger partial charge in [0.15, 0.2) is 0 Å². The minimum Gasteiger partial charge on any atom is -0.494 e. The summed E-state index contributed by atoms with van der Waals surface area (Å²) < 4.78 is 5.38. The Morgan fingerprint density at radius 2 is 1.73 bits per heavy atom. The lowest BCUT2D eigenvalue weighted by atomic mass is 10.0. The third-order valence-corrected chi connectivity index (χ3v) is 5.13. The fourth-order valence-electron chi connectivity index (χ4n) is 3.37. The molecule has 1 heterocycles. The zero-order chi connectivity index (χ0) is 23.8. The van der Waals surface area contributed by atoms with Crippen LogP contribution in [-0.2, 0) is 20.8 Å². The number of hydrogen-bond donors (Lipinski definition) is 4. The van der Waals surface area contributed by atoms with Crippen LogP contribution in [0.3, 0.4) is 0 Å². The smallest absolute Gasteiger partial charge is 0.243 e. The van der Waals surface area contributed by atoms with E-state index in [0.29, 0.717) is 24.5 Å². The molecule has 1 unspecified atom stereocenters. The van der Waals surface area contributed by atoms with Crippen molar-refractivity contribution in [2.45, 2.75) is 33.2 Å². The summed E-state index contributed by atoms with van der Waals surface area (Å²) in [5.41, 5.74) is 2.46. The molecule has 2 aromatic carbocycles. The predicted molar refractivity (Wildman–Crippen MR) is 128 cm³/mol. The number of nitrogens with one attached hydrogen (secondary N) is 4. The number of carbonyl (C=O) groups is 3. The molecule has 4 N–H and O–H groups in total. The van der Waals surface area contributed by atoms with Crippen LogP contribution >= 0.6 is 0 Å². The van der Waals surface area contributed by atoms with Gasteiger partial charge in [0.25, 0.3) is 0 Å². The van der Waals surface area contributed by atoms with E-state index in [-0.39, 0.29) is 24.3 Å². The molecule has 1 aromatic heterocycles. The summed E-state index contributed by atoms with van der Waals surface area (Å²) in [4.78, 5) is 40.7. The van der Waals surface area contributed by atoms with Gasteiger partial charge in [0, 0.05) is 35.1 Å². The summed E-state index contributed by atoms with van der Waals surface area (Å²) in [6, 6.07) is 13.9. The van der Waals surface area contributed by atoms with E-state index in [2.05, 4.69) is 20.9 Å². The molecule has 0 saturated heterocycles.